The molecule has 104 valence electrons. The molecule has 0 bridgehead atoms. The van der Waals surface area contributed by atoms with Crippen molar-refractivity contribution in [2.24, 2.45) is 0 Å². The summed E-state index contributed by atoms with van der Waals surface area (Å²) >= 11 is 0. The van der Waals surface area contributed by atoms with Crippen molar-refractivity contribution in [3.63, 3.8) is 0 Å². The first-order valence-corrected chi connectivity index (χ1v) is 6.11. The molecule has 0 aliphatic heterocycles. The predicted octanol–water partition coefficient (Wildman–Crippen LogP) is 2.23. The summed E-state index contributed by atoms with van der Waals surface area (Å²) < 4.78 is 15.7. The number of hydrogen-bond donors (Lipinski definition) is 0. The SMILES string of the molecule is CCOc1cccc(C=O)c1OCC(=O)OC(C)C. The van der Waals surface area contributed by atoms with Crippen LogP contribution in [0.15, 0.2) is 18.2 Å². The second kappa shape index (κ2) is 7.41. The molecule has 0 N–H and O–H groups in total. The highest BCUT2D eigenvalue weighted by Crippen LogP contribution is 2.30. The molecule has 1 aromatic rings. The fraction of sp³-hybridized carbons (Fsp3) is 0.429. The van der Waals surface area contributed by atoms with Crippen LogP contribution in [0.2, 0.25) is 0 Å². The maximum Gasteiger partial charge on any atom is 0.344 e. The number of benzene rings is 1. The van der Waals surface area contributed by atoms with Gasteiger partial charge in [0.15, 0.2) is 24.4 Å². The summed E-state index contributed by atoms with van der Waals surface area (Å²) in [7, 11) is 0. The number of carbonyl (C=O) groups excluding carboxylic acids is 2. The van der Waals surface area contributed by atoms with E-state index in [4.69, 9.17) is 14.2 Å². The molecule has 1 rings (SSSR count). The monoisotopic (exact) mass is 266 g/mol. The van der Waals surface area contributed by atoms with Gasteiger partial charge in [0.2, 0.25) is 0 Å². The normalized spacial score (nSPS) is 10.1. The van der Waals surface area contributed by atoms with Gasteiger partial charge >= 0.3 is 5.97 Å². The Hall–Kier alpha value is -2.04. The Morgan fingerprint density at radius 3 is 2.63 bits per heavy atom. The van der Waals surface area contributed by atoms with E-state index in [1.807, 2.05) is 6.92 Å². The van der Waals surface area contributed by atoms with Crippen LogP contribution in [0.3, 0.4) is 0 Å². The second-order valence-electron chi connectivity index (χ2n) is 4.05. The van der Waals surface area contributed by atoms with Crippen LogP contribution < -0.4 is 9.47 Å². The van der Waals surface area contributed by atoms with Gasteiger partial charge in [-0.1, -0.05) is 6.07 Å². The number of carbonyl (C=O) groups is 2. The van der Waals surface area contributed by atoms with E-state index in [9.17, 15) is 9.59 Å². The topological polar surface area (TPSA) is 61.8 Å². The van der Waals surface area contributed by atoms with E-state index >= 15 is 0 Å². The molecule has 19 heavy (non-hydrogen) atoms. The van der Waals surface area contributed by atoms with Gasteiger partial charge in [0.05, 0.1) is 18.3 Å². The van der Waals surface area contributed by atoms with Crippen molar-refractivity contribution in [1.29, 1.82) is 0 Å². The average molecular weight is 266 g/mol. The predicted molar refractivity (Wildman–Crippen MR) is 69.7 cm³/mol. The van der Waals surface area contributed by atoms with Gasteiger partial charge in [0, 0.05) is 0 Å². The Morgan fingerprint density at radius 1 is 1.32 bits per heavy atom. The van der Waals surface area contributed by atoms with Crippen molar-refractivity contribution in [2.45, 2.75) is 26.9 Å². The highest BCUT2D eigenvalue weighted by Gasteiger charge is 2.13. The summed E-state index contributed by atoms with van der Waals surface area (Å²) in [4.78, 5) is 22.4. The summed E-state index contributed by atoms with van der Waals surface area (Å²) in [6, 6.07) is 4.96. The van der Waals surface area contributed by atoms with Crippen LogP contribution in [0.1, 0.15) is 31.1 Å². The van der Waals surface area contributed by atoms with E-state index in [0.29, 0.717) is 24.2 Å². The molecule has 1 aromatic carbocycles. The fourth-order valence-electron chi connectivity index (χ4n) is 1.48. The number of aldehydes is 1. The zero-order valence-corrected chi connectivity index (χ0v) is 11.3. The lowest BCUT2D eigenvalue weighted by Gasteiger charge is -2.14. The maximum absolute atomic E-state index is 11.4. The van der Waals surface area contributed by atoms with Crippen molar-refractivity contribution in [1.82, 2.24) is 0 Å². The molecule has 0 fully saturated rings. The van der Waals surface area contributed by atoms with Gasteiger partial charge in [-0.05, 0) is 32.9 Å². The third kappa shape index (κ3) is 4.62. The molecule has 0 aliphatic rings. The standard InChI is InChI=1S/C14H18O5/c1-4-17-12-7-5-6-11(8-15)14(12)18-9-13(16)19-10(2)3/h5-8,10H,4,9H2,1-3H3. The second-order valence-corrected chi connectivity index (χ2v) is 4.05. The lowest BCUT2D eigenvalue weighted by molar-refractivity contribution is -0.149. The van der Waals surface area contributed by atoms with Crippen molar-refractivity contribution >= 4 is 12.3 Å². The zero-order valence-electron chi connectivity index (χ0n) is 11.3. The minimum Gasteiger partial charge on any atom is -0.490 e. The van der Waals surface area contributed by atoms with E-state index in [2.05, 4.69) is 0 Å². The van der Waals surface area contributed by atoms with Crippen LogP contribution in [-0.2, 0) is 9.53 Å². The Bertz CT molecular complexity index is 439. The molecule has 5 heteroatoms. The van der Waals surface area contributed by atoms with Crippen LogP contribution in [0.25, 0.3) is 0 Å². The number of esters is 1. The molecular formula is C14H18O5. The van der Waals surface area contributed by atoms with Gasteiger partial charge in [-0.15, -0.1) is 0 Å². The van der Waals surface area contributed by atoms with Gasteiger partial charge in [-0.2, -0.15) is 0 Å². The molecule has 0 radical (unpaired) electrons. The first kappa shape index (κ1) is 15.0. The molecule has 0 atom stereocenters. The molecule has 0 aliphatic carbocycles. The summed E-state index contributed by atoms with van der Waals surface area (Å²) in [5, 5.41) is 0. The molecule has 0 aromatic heterocycles. The number of rotatable bonds is 7. The molecule has 5 nitrogen and oxygen atoms in total. The minimum atomic E-state index is -0.488. The van der Waals surface area contributed by atoms with Gasteiger partial charge in [-0.3, -0.25) is 4.79 Å². The molecular weight excluding hydrogens is 248 g/mol. The highest BCUT2D eigenvalue weighted by molar-refractivity contribution is 5.81. The van der Waals surface area contributed by atoms with E-state index < -0.39 is 5.97 Å². The van der Waals surface area contributed by atoms with Crippen LogP contribution in [0.4, 0.5) is 0 Å². The van der Waals surface area contributed by atoms with Crippen LogP contribution in [0, 0.1) is 0 Å². The third-order valence-corrected chi connectivity index (χ3v) is 2.14. The third-order valence-electron chi connectivity index (χ3n) is 2.14. The van der Waals surface area contributed by atoms with Crippen LogP contribution in [-0.4, -0.2) is 31.6 Å². The maximum atomic E-state index is 11.4. The van der Waals surface area contributed by atoms with E-state index in [1.54, 1.807) is 32.0 Å². The Labute approximate surface area is 112 Å². The van der Waals surface area contributed by atoms with E-state index in [1.165, 1.54) is 0 Å². The Kier molecular flexibility index (Phi) is 5.85. The quantitative estimate of drug-likeness (QED) is 0.559. The molecule has 0 heterocycles. The molecule has 0 saturated heterocycles. The number of para-hydroxylation sites is 1. The van der Waals surface area contributed by atoms with Crippen LogP contribution in [0.5, 0.6) is 11.5 Å². The van der Waals surface area contributed by atoms with Gasteiger partial charge in [0.1, 0.15) is 0 Å². The highest BCUT2D eigenvalue weighted by atomic mass is 16.6. The van der Waals surface area contributed by atoms with E-state index in [0.717, 1.165) is 0 Å². The summed E-state index contributed by atoms with van der Waals surface area (Å²) in [5.41, 5.74) is 0.336. The Balaban J connectivity index is 2.80. The molecule has 0 saturated carbocycles. The number of hydrogen-bond acceptors (Lipinski definition) is 5. The van der Waals surface area contributed by atoms with Crippen molar-refractivity contribution < 1.29 is 23.8 Å². The summed E-state index contributed by atoms with van der Waals surface area (Å²) in [6.45, 7) is 5.51. The average Bonchev–Trinajstić information content (AvgIpc) is 2.36. The lowest BCUT2D eigenvalue weighted by Crippen LogP contribution is -2.19. The van der Waals surface area contributed by atoms with Gasteiger partial charge in [0.25, 0.3) is 0 Å². The fourth-order valence-corrected chi connectivity index (χ4v) is 1.48. The van der Waals surface area contributed by atoms with Gasteiger partial charge in [-0.25, -0.2) is 4.79 Å². The molecule has 0 unspecified atom stereocenters. The molecule has 0 amide bonds. The summed E-state index contributed by atoms with van der Waals surface area (Å²) in [5.74, 6) is 0.211. The first-order valence-electron chi connectivity index (χ1n) is 6.11. The minimum absolute atomic E-state index is 0.205. The van der Waals surface area contributed by atoms with Crippen molar-refractivity contribution in [3.8, 4) is 11.5 Å². The van der Waals surface area contributed by atoms with Crippen LogP contribution >= 0.6 is 0 Å². The van der Waals surface area contributed by atoms with Crippen molar-refractivity contribution in [2.75, 3.05) is 13.2 Å². The Morgan fingerprint density at radius 2 is 2.05 bits per heavy atom. The first-order chi connectivity index (χ1) is 9.08. The van der Waals surface area contributed by atoms with E-state index in [-0.39, 0.29) is 18.5 Å². The van der Waals surface area contributed by atoms with Gasteiger partial charge < -0.3 is 14.2 Å². The summed E-state index contributed by atoms with van der Waals surface area (Å²) in [6.07, 6.45) is 0.454. The zero-order chi connectivity index (χ0) is 14.3. The largest absolute Gasteiger partial charge is 0.490 e. The van der Waals surface area contributed by atoms with Crippen molar-refractivity contribution in [3.05, 3.63) is 23.8 Å². The molecule has 0 spiro atoms. The smallest absolute Gasteiger partial charge is 0.344 e. The number of ether oxygens (including phenoxy) is 3. The lowest BCUT2D eigenvalue weighted by atomic mass is 10.2.